The first kappa shape index (κ1) is 16.6. The van der Waals surface area contributed by atoms with Crippen LogP contribution in [-0.4, -0.2) is 24.3 Å². The van der Waals surface area contributed by atoms with Gasteiger partial charge in [0.15, 0.2) is 6.29 Å². The van der Waals surface area contributed by atoms with E-state index in [4.69, 9.17) is 9.47 Å². The van der Waals surface area contributed by atoms with Crippen molar-refractivity contribution in [1.82, 2.24) is 0 Å². The first-order chi connectivity index (χ1) is 9.46. The van der Waals surface area contributed by atoms with E-state index in [1.165, 1.54) is 0 Å². The van der Waals surface area contributed by atoms with E-state index in [0.29, 0.717) is 12.8 Å². The third-order valence-corrected chi connectivity index (χ3v) is 3.39. The van der Waals surface area contributed by atoms with Crippen LogP contribution >= 0.6 is 0 Å². The summed E-state index contributed by atoms with van der Waals surface area (Å²) in [5.74, 6) is 0. The van der Waals surface area contributed by atoms with Gasteiger partial charge in [-0.1, -0.05) is 36.5 Å². The molecule has 20 heavy (non-hydrogen) atoms. The van der Waals surface area contributed by atoms with Crippen molar-refractivity contribution in [3.8, 4) is 0 Å². The van der Waals surface area contributed by atoms with Gasteiger partial charge in [0.25, 0.3) is 0 Å². The van der Waals surface area contributed by atoms with Crippen LogP contribution in [0, 0.1) is 0 Å². The molecule has 0 aliphatic carbocycles. The van der Waals surface area contributed by atoms with Gasteiger partial charge in [-0.2, -0.15) is 0 Å². The summed E-state index contributed by atoms with van der Waals surface area (Å²) >= 11 is 0. The van der Waals surface area contributed by atoms with Crippen LogP contribution in [0.3, 0.4) is 0 Å². The summed E-state index contributed by atoms with van der Waals surface area (Å²) in [6.45, 7) is 13.5. The Labute approximate surface area is 121 Å². The monoisotopic (exact) mass is 276 g/mol. The highest BCUT2D eigenvalue weighted by atomic mass is 16.7. The number of carbonyl (C=O) groups excluding carboxylic acids is 1. The van der Waals surface area contributed by atoms with Crippen molar-refractivity contribution < 1.29 is 14.3 Å². The molecule has 1 fully saturated rings. The molecule has 1 rings (SSSR count). The van der Waals surface area contributed by atoms with Crippen LogP contribution in [0.4, 0.5) is 0 Å². The van der Waals surface area contributed by atoms with Crippen molar-refractivity contribution in [2.45, 2.75) is 51.6 Å². The van der Waals surface area contributed by atoms with Gasteiger partial charge >= 0.3 is 0 Å². The Balaban J connectivity index is 2.86. The van der Waals surface area contributed by atoms with Crippen molar-refractivity contribution >= 4 is 6.29 Å². The molecule has 0 N–H and O–H groups in total. The molecule has 0 aromatic carbocycles. The van der Waals surface area contributed by atoms with Gasteiger partial charge in [0.05, 0.1) is 5.60 Å². The molecule has 0 aromatic rings. The normalized spacial score (nSPS) is 30.6. The van der Waals surface area contributed by atoms with Crippen LogP contribution in [0.25, 0.3) is 0 Å². The van der Waals surface area contributed by atoms with Crippen molar-refractivity contribution in [2.24, 2.45) is 0 Å². The number of ether oxygens (including phenoxy) is 2. The lowest BCUT2D eigenvalue weighted by Crippen LogP contribution is -2.35. The Kier molecular flexibility index (Phi) is 6.11. The van der Waals surface area contributed by atoms with Crippen molar-refractivity contribution in [3.05, 3.63) is 48.6 Å². The van der Waals surface area contributed by atoms with Crippen LogP contribution in [-0.2, 0) is 14.3 Å². The highest BCUT2D eigenvalue weighted by Crippen LogP contribution is 2.37. The van der Waals surface area contributed by atoms with E-state index >= 15 is 0 Å². The second kappa shape index (κ2) is 7.36. The standard InChI is InChI=1S/C17H24O3/c1-6-14(10-9-13(3)4)16-19-15(7-2)17(5,20-16)11-8-12-18/h6-7,9-10,12,15-16H,2-3,8,11H2,1,4-5H3/b10-9-,14-6+/t15-,16?,17+/m0/s1. The van der Waals surface area contributed by atoms with Crippen molar-refractivity contribution in [3.63, 3.8) is 0 Å². The van der Waals surface area contributed by atoms with E-state index in [-0.39, 0.29) is 6.10 Å². The molecule has 3 heteroatoms. The molecule has 3 nitrogen and oxygen atoms in total. The molecule has 0 radical (unpaired) electrons. The first-order valence-electron chi connectivity index (χ1n) is 6.86. The fourth-order valence-electron chi connectivity index (χ4n) is 2.16. The summed E-state index contributed by atoms with van der Waals surface area (Å²) in [7, 11) is 0. The predicted octanol–water partition coefficient (Wildman–Crippen LogP) is 3.73. The number of rotatable bonds is 7. The molecule has 1 unspecified atom stereocenters. The number of aldehydes is 1. The van der Waals surface area contributed by atoms with Gasteiger partial charge in [-0.3, -0.25) is 0 Å². The minimum atomic E-state index is -0.515. The number of hydrogen-bond donors (Lipinski definition) is 0. The van der Waals surface area contributed by atoms with Crippen LogP contribution in [0.5, 0.6) is 0 Å². The maximum Gasteiger partial charge on any atom is 0.185 e. The van der Waals surface area contributed by atoms with Crippen LogP contribution in [0.1, 0.15) is 33.6 Å². The van der Waals surface area contributed by atoms with Gasteiger partial charge in [-0.15, -0.1) is 6.58 Å². The highest BCUT2D eigenvalue weighted by Gasteiger charge is 2.44. The summed E-state index contributed by atoms with van der Waals surface area (Å²) < 4.78 is 11.9. The molecule has 3 atom stereocenters. The lowest BCUT2D eigenvalue weighted by atomic mass is 9.94. The van der Waals surface area contributed by atoms with Crippen molar-refractivity contribution in [1.29, 1.82) is 0 Å². The predicted molar refractivity (Wildman–Crippen MR) is 81.4 cm³/mol. The Morgan fingerprint density at radius 3 is 2.60 bits per heavy atom. The maximum atomic E-state index is 10.6. The molecule has 110 valence electrons. The smallest absolute Gasteiger partial charge is 0.185 e. The summed E-state index contributed by atoms with van der Waals surface area (Å²) in [6.07, 6.45) is 8.87. The average Bonchev–Trinajstić information content (AvgIpc) is 2.74. The number of carbonyl (C=O) groups is 1. The third kappa shape index (κ3) is 4.02. The van der Waals surface area contributed by atoms with E-state index in [2.05, 4.69) is 13.2 Å². The second-order valence-electron chi connectivity index (χ2n) is 5.23. The van der Waals surface area contributed by atoms with Gasteiger partial charge in [-0.25, -0.2) is 0 Å². The zero-order chi connectivity index (χ0) is 15.2. The largest absolute Gasteiger partial charge is 0.339 e. The fourth-order valence-corrected chi connectivity index (χ4v) is 2.16. The van der Waals surface area contributed by atoms with Gasteiger partial charge in [0.1, 0.15) is 12.4 Å². The Hall–Kier alpha value is -1.45. The van der Waals surface area contributed by atoms with Gasteiger partial charge in [0.2, 0.25) is 0 Å². The molecule has 1 aliphatic rings. The van der Waals surface area contributed by atoms with E-state index in [1.807, 2.05) is 39.0 Å². The molecule has 0 saturated carbocycles. The molecular weight excluding hydrogens is 252 g/mol. The van der Waals surface area contributed by atoms with E-state index in [0.717, 1.165) is 17.4 Å². The van der Waals surface area contributed by atoms with Crippen LogP contribution in [0.2, 0.25) is 0 Å². The summed E-state index contributed by atoms with van der Waals surface area (Å²) in [5, 5.41) is 0. The second-order valence-corrected chi connectivity index (χ2v) is 5.23. The van der Waals surface area contributed by atoms with E-state index in [1.54, 1.807) is 6.08 Å². The molecule has 1 aliphatic heterocycles. The Morgan fingerprint density at radius 1 is 1.40 bits per heavy atom. The maximum absolute atomic E-state index is 10.6. The molecule has 1 saturated heterocycles. The van der Waals surface area contributed by atoms with Gasteiger partial charge in [-0.05, 0) is 27.2 Å². The molecule has 0 bridgehead atoms. The first-order valence-corrected chi connectivity index (χ1v) is 6.86. The summed E-state index contributed by atoms with van der Waals surface area (Å²) in [6, 6.07) is 0. The lowest BCUT2D eigenvalue weighted by molar-refractivity contribution is -0.109. The van der Waals surface area contributed by atoms with Gasteiger partial charge in [0, 0.05) is 12.0 Å². The number of allylic oxidation sites excluding steroid dienone is 3. The third-order valence-electron chi connectivity index (χ3n) is 3.39. The van der Waals surface area contributed by atoms with Crippen LogP contribution in [0.15, 0.2) is 48.6 Å². The minimum Gasteiger partial charge on any atom is -0.339 e. The van der Waals surface area contributed by atoms with Crippen LogP contribution < -0.4 is 0 Å². The molecule has 0 amide bonds. The topological polar surface area (TPSA) is 35.5 Å². The zero-order valence-corrected chi connectivity index (χ0v) is 12.6. The quantitative estimate of drug-likeness (QED) is 0.404. The minimum absolute atomic E-state index is 0.222. The molecule has 1 heterocycles. The van der Waals surface area contributed by atoms with E-state index < -0.39 is 11.9 Å². The Bertz CT molecular complexity index is 434. The lowest BCUT2D eigenvalue weighted by Gasteiger charge is -2.25. The van der Waals surface area contributed by atoms with Gasteiger partial charge < -0.3 is 14.3 Å². The Morgan fingerprint density at radius 2 is 2.10 bits per heavy atom. The SMILES string of the molecule is C=C[C@@H]1OC(C(/C=C\C(=C)C)=C/C)O[C@]1(C)CCC=O. The molecule has 0 aromatic heterocycles. The summed E-state index contributed by atoms with van der Waals surface area (Å²) in [4.78, 5) is 10.6. The average molecular weight is 276 g/mol. The number of hydrogen-bond acceptors (Lipinski definition) is 3. The molecule has 0 spiro atoms. The van der Waals surface area contributed by atoms with E-state index in [9.17, 15) is 4.79 Å². The highest BCUT2D eigenvalue weighted by molar-refractivity contribution is 5.49. The fraction of sp³-hybridized carbons (Fsp3) is 0.471. The molecular formula is C17H24O3. The summed E-state index contributed by atoms with van der Waals surface area (Å²) in [5.41, 5.74) is 1.39. The van der Waals surface area contributed by atoms with Crippen molar-refractivity contribution in [2.75, 3.05) is 0 Å². The zero-order valence-electron chi connectivity index (χ0n) is 12.6.